The van der Waals surface area contributed by atoms with E-state index in [1.807, 2.05) is 32.8 Å². The predicted octanol–water partition coefficient (Wildman–Crippen LogP) is 2.93. The summed E-state index contributed by atoms with van der Waals surface area (Å²) in [5.74, 6) is -0.366. The lowest BCUT2D eigenvalue weighted by molar-refractivity contribution is -0.127. The molecule has 0 aliphatic rings. The maximum atomic E-state index is 13.1. The molecule has 0 radical (unpaired) electrons. The molecule has 1 rings (SSSR count). The molecule has 0 amide bonds. The molecular weight excluding hydrogens is 241 g/mol. The van der Waals surface area contributed by atoms with Gasteiger partial charge in [-0.3, -0.25) is 9.69 Å². The van der Waals surface area contributed by atoms with E-state index in [4.69, 9.17) is 11.6 Å². The second-order valence-corrected chi connectivity index (χ2v) is 5.20. The number of hydrogen-bond acceptors (Lipinski definition) is 2. The van der Waals surface area contributed by atoms with Gasteiger partial charge in [-0.15, -0.1) is 0 Å². The highest BCUT2D eigenvalue weighted by Gasteiger charge is 2.29. The van der Waals surface area contributed by atoms with Crippen molar-refractivity contribution in [3.63, 3.8) is 0 Å². The van der Waals surface area contributed by atoms with E-state index in [1.54, 1.807) is 0 Å². The molecule has 0 atom stereocenters. The summed E-state index contributed by atoms with van der Waals surface area (Å²) in [5.41, 5.74) is -0.0538. The second kappa shape index (κ2) is 5.15. The average molecular weight is 258 g/mol. The number of Topliss-reactive ketones (excluding diaryl/α,β-unsaturated/α-hetero) is 1. The lowest BCUT2D eigenvalue weighted by atomic mass is 9.92. The zero-order valence-electron chi connectivity index (χ0n) is 10.6. The van der Waals surface area contributed by atoms with Gasteiger partial charge in [0.25, 0.3) is 0 Å². The summed E-state index contributed by atoms with van der Waals surface area (Å²) in [6.07, 6.45) is 0.141. The molecule has 0 aliphatic heterocycles. The number of carbonyl (C=O) groups excluding carboxylic acids is 1. The predicted molar refractivity (Wildman–Crippen MR) is 67.9 cm³/mol. The maximum absolute atomic E-state index is 13.1. The Bertz CT molecular complexity index is 429. The van der Waals surface area contributed by atoms with Crippen LogP contribution in [0.15, 0.2) is 18.2 Å². The summed E-state index contributed by atoms with van der Waals surface area (Å²) in [6, 6.07) is 4.07. The fraction of sp³-hybridized carbons (Fsp3) is 0.462. The molecule has 0 unspecified atom stereocenters. The minimum Gasteiger partial charge on any atom is -0.298 e. The van der Waals surface area contributed by atoms with Crippen LogP contribution in [0, 0.1) is 5.82 Å². The summed E-state index contributed by atoms with van der Waals surface area (Å²) >= 11 is 5.94. The minimum absolute atomic E-state index is 0.00926. The highest BCUT2D eigenvalue weighted by molar-refractivity contribution is 6.31. The Kier molecular flexibility index (Phi) is 4.28. The number of ketones is 1. The molecule has 0 saturated carbocycles. The van der Waals surface area contributed by atoms with Crippen molar-refractivity contribution in [3.8, 4) is 0 Å². The van der Waals surface area contributed by atoms with E-state index < -0.39 is 5.54 Å². The van der Waals surface area contributed by atoms with Crippen molar-refractivity contribution in [3.05, 3.63) is 34.6 Å². The highest BCUT2D eigenvalue weighted by Crippen LogP contribution is 2.21. The summed E-state index contributed by atoms with van der Waals surface area (Å²) in [5, 5.41) is 0.425. The summed E-state index contributed by atoms with van der Waals surface area (Å²) in [7, 11) is 3.68. The van der Waals surface area contributed by atoms with Crippen molar-refractivity contribution in [1.82, 2.24) is 4.90 Å². The van der Waals surface area contributed by atoms with E-state index in [0.29, 0.717) is 10.6 Å². The van der Waals surface area contributed by atoms with E-state index in [-0.39, 0.29) is 18.0 Å². The fourth-order valence-corrected chi connectivity index (χ4v) is 1.50. The number of rotatable bonds is 4. The van der Waals surface area contributed by atoms with E-state index in [1.165, 1.54) is 18.2 Å². The monoisotopic (exact) mass is 257 g/mol. The smallest absolute Gasteiger partial charge is 0.156 e. The molecular formula is C13H17ClFNO. The average Bonchev–Trinajstić information content (AvgIpc) is 2.23. The van der Waals surface area contributed by atoms with Crippen LogP contribution in [0.3, 0.4) is 0 Å². The van der Waals surface area contributed by atoms with Crippen molar-refractivity contribution in [2.24, 2.45) is 0 Å². The molecule has 0 aliphatic carbocycles. The number of likely N-dealkylation sites (N-methyl/N-ethyl adjacent to an activating group) is 1. The van der Waals surface area contributed by atoms with Crippen molar-refractivity contribution in [1.29, 1.82) is 0 Å². The number of benzene rings is 1. The SMILES string of the molecule is CN(C)C(C)(C)C(=O)Cc1cc(F)ccc1Cl. The van der Waals surface area contributed by atoms with Crippen LogP contribution >= 0.6 is 11.6 Å². The summed E-state index contributed by atoms with van der Waals surface area (Å²) in [6.45, 7) is 3.67. The van der Waals surface area contributed by atoms with Crippen LogP contribution in [0.5, 0.6) is 0 Å². The lowest BCUT2D eigenvalue weighted by Gasteiger charge is -2.31. The van der Waals surface area contributed by atoms with Gasteiger partial charge in [0.2, 0.25) is 0 Å². The Hall–Kier alpha value is -0.930. The molecule has 0 bridgehead atoms. The lowest BCUT2D eigenvalue weighted by Crippen LogP contribution is -2.46. The maximum Gasteiger partial charge on any atom is 0.156 e. The quantitative estimate of drug-likeness (QED) is 0.827. The third kappa shape index (κ3) is 3.27. The van der Waals surface area contributed by atoms with E-state index in [2.05, 4.69) is 0 Å². The topological polar surface area (TPSA) is 20.3 Å². The first-order valence-electron chi connectivity index (χ1n) is 5.40. The first-order chi connectivity index (χ1) is 7.75. The molecule has 0 spiro atoms. The third-order valence-corrected chi connectivity index (χ3v) is 3.53. The van der Waals surface area contributed by atoms with Crippen LogP contribution in [0.4, 0.5) is 4.39 Å². The molecule has 94 valence electrons. The Morgan fingerprint density at radius 3 is 2.53 bits per heavy atom. The van der Waals surface area contributed by atoms with Gasteiger partial charge < -0.3 is 0 Å². The molecule has 1 aromatic carbocycles. The van der Waals surface area contributed by atoms with Crippen molar-refractivity contribution < 1.29 is 9.18 Å². The molecule has 17 heavy (non-hydrogen) atoms. The van der Waals surface area contributed by atoms with Gasteiger partial charge in [0.15, 0.2) is 5.78 Å². The molecule has 0 aromatic heterocycles. The standard InChI is InChI=1S/C13H17ClFNO/c1-13(2,16(3)4)12(17)8-9-7-10(15)5-6-11(9)14/h5-7H,8H2,1-4H3. The van der Waals surface area contributed by atoms with Gasteiger partial charge in [-0.05, 0) is 51.7 Å². The molecule has 0 fully saturated rings. The van der Waals surface area contributed by atoms with Gasteiger partial charge in [0.05, 0.1) is 5.54 Å². The number of nitrogens with zero attached hydrogens (tertiary/aromatic N) is 1. The van der Waals surface area contributed by atoms with Crippen LogP contribution < -0.4 is 0 Å². The van der Waals surface area contributed by atoms with Crippen LogP contribution in [-0.2, 0) is 11.2 Å². The fourth-order valence-electron chi connectivity index (χ4n) is 1.32. The van der Waals surface area contributed by atoms with Gasteiger partial charge >= 0.3 is 0 Å². The zero-order valence-corrected chi connectivity index (χ0v) is 11.3. The molecule has 1 aromatic rings. The summed E-state index contributed by atoms with van der Waals surface area (Å²) in [4.78, 5) is 14.0. The van der Waals surface area contributed by atoms with Gasteiger partial charge in [0.1, 0.15) is 5.82 Å². The Morgan fingerprint density at radius 1 is 1.41 bits per heavy atom. The van der Waals surface area contributed by atoms with Crippen LogP contribution in [-0.4, -0.2) is 30.3 Å². The first-order valence-corrected chi connectivity index (χ1v) is 5.77. The van der Waals surface area contributed by atoms with Gasteiger partial charge in [-0.25, -0.2) is 4.39 Å². The van der Waals surface area contributed by atoms with Gasteiger partial charge in [-0.1, -0.05) is 11.6 Å². The Balaban J connectivity index is 2.92. The molecule has 4 heteroatoms. The Labute approximate surface area is 106 Å². The zero-order chi connectivity index (χ0) is 13.2. The number of hydrogen-bond donors (Lipinski definition) is 0. The minimum atomic E-state index is -0.588. The van der Waals surface area contributed by atoms with E-state index in [0.717, 1.165) is 0 Å². The number of halogens is 2. The summed E-state index contributed by atoms with van der Waals surface area (Å²) < 4.78 is 13.1. The largest absolute Gasteiger partial charge is 0.298 e. The van der Waals surface area contributed by atoms with Crippen molar-refractivity contribution in [2.75, 3.05) is 14.1 Å². The van der Waals surface area contributed by atoms with Crippen LogP contribution in [0.2, 0.25) is 5.02 Å². The second-order valence-electron chi connectivity index (χ2n) is 4.79. The van der Waals surface area contributed by atoms with Gasteiger partial charge in [-0.2, -0.15) is 0 Å². The van der Waals surface area contributed by atoms with Crippen LogP contribution in [0.25, 0.3) is 0 Å². The van der Waals surface area contributed by atoms with E-state index >= 15 is 0 Å². The molecule has 0 heterocycles. The number of carbonyl (C=O) groups is 1. The van der Waals surface area contributed by atoms with Crippen molar-refractivity contribution >= 4 is 17.4 Å². The van der Waals surface area contributed by atoms with Gasteiger partial charge in [0, 0.05) is 11.4 Å². The first kappa shape index (κ1) is 14.1. The molecule has 0 saturated heterocycles. The van der Waals surface area contributed by atoms with E-state index in [9.17, 15) is 9.18 Å². The molecule has 0 N–H and O–H groups in total. The van der Waals surface area contributed by atoms with Crippen molar-refractivity contribution in [2.45, 2.75) is 25.8 Å². The van der Waals surface area contributed by atoms with Crippen LogP contribution in [0.1, 0.15) is 19.4 Å². The normalized spacial score (nSPS) is 11.9. The highest BCUT2D eigenvalue weighted by atomic mass is 35.5. The third-order valence-electron chi connectivity index (χ3n) is 3.16. The molecule has 2 nitrogen and oxygen atoms in total. The Morgan fingerprint density at radius 2 is 2.00 bits per heavy atom.